The van der Waals surface area contributed by atoms with Crippen LogP contribution in [0.25, 0.3) is 0 Å². The molecular weight excluding hydrogens is 410 g/mol. The van der Waals surface area contributed by atoms with Crippen molar-refractivity contribution < 1.29 is 9.59 Å². The van der Waals surface area contributed by atoms with E-state index in [1.807, 2.05) is 43.3 Å². The van der Waals surface area contributed by atoms with Gasteiger partial charge in [-0.25, -0.2) is 0 Å². The van der Waals surface area contributed by atoms with Crippen molar-refractivity contribution in [2.45, 2.75) is 50.2 Å². The van der Waals surface area contributed by atoms with Gasteiger partial charge in [-0.15, -0.1) is 10.2 Å². The van der Waals surface area contributed by atoms with Crippen LogP contribution in [-0.4, -0.2) is 46.9 Å². The number of anilines is 1. The molecule has 0 unspecified atom stereocenters. The second-order valence-corrected chi connectivity index (χ2v) is 9.32. The predicted octanol–water partition coefficient (Wildman–Crippen LogP) is 2.69. The number of carbonyl (C=O) groups is 2. The maximum absolute atomic E-state index is 12.2. The lowest BCUT2D eigenvalue weighted by Gasteiger charge is -2.31. The van der Waals surface area contributed by atoms with Crippen LogP contribution in [0, 0.1) is 12.8 Å². The minimum Gasteiger partial charge on any atom is -0.355 e. The number of amides is 2. The molecule has 2 amide bonds. The summed E-state index contributed by atoms with van der Waals surface area (Å²) in [5, 5.41) is 15.4. The third-order valence-corrected chi connectivity index (χ3v) is 6.62. The number of carbonyl (C=O) groups excluding carboxylic acids is 2. The summed E-state index contributed by atoms with van der Waals surface area (Å²) in [6, 6.07) is 12.4. The van der Waals surface area contributed by atoms with Gasteiger partial charge in [0.05, 0.1) is 5.75 Å². The lowest BCUT2D eigenvalue weighted by atomic mass is 9.96. The van der Waals surface area contributed by atoms with Gasteiger partial charge in [-0.2, -0.15) is 0 Å². The van der Waals surface area contributed by atoms with Gasteiger partial charge in [0.2, 0.25) is 11.8 Å². The minimum absolute atomic E-state index is 0.0250. The smallest absolute Gasteiger partial charge is 0.230 e. The Labute approximate surface area is 187 Å². The molecule has 1 aliphatic heterocycles. The fourth-order valence-corrected chi connectivity index (χ4v) is 4.22. The zero-order chi connectivity index (χ0) is 21.6. The van der Waals surface area contributed by atoms with Crippen LogP contribution in [0.2, 0.25) is 0 Å². The standard InChI is InChI=1S/C23H29N5O2S/c1-16-2-4-17(5-3-16)14-24-21(29)15-31-22-9-8-20(26-27-22)28-12-10-18(11-13-28)23(30)25-19-6-7-19/h2-5,8-9,18-19H,6-7,10-15H2,1H3,(H,24,29)(H,25,30). The second kappa shape index (κ2) is 10.1. The average Bonchev–Trinajstić information content (AvgIpc) is 3.62. The highest BCUT2D eigenvalue weighted by atomic mass is 32.2. The molecule has 2 heterocycles. The first-order valence-electron chi connectivity index (χ1n) is 10.9. The third-order valence-electron chi connectivity index (χ3n) is 5.70. The monoisotopic (exact) mass is 439 g/mol. The zero-order valence-corrected chi connectivity index (χ0v) is 18.7. The predicted molar refractivity (Wildman–Crippen MR) is 122 cm³/mol. The molecule has 164 valence electrons. The number of nitrogens with one attached hydrogen (secondary N) is 2. The van der Waals surface area contributed by atoms with Gasteiger partial charge < -0.3 is 15.5 Å². The molecule has 8 heteroatoms. The van der Waals surface area contributed by atoms with Gasteiger partial charge in [-0.1, -0.05) is 41.6 Å². The van der Waals surface area contributed by atoms with Crippen molar-refractivity contribution in [3.63, 3.8) is 0 Å². The Kier molecular flexibility index (Phi) is 7.06. The lowest BCUT2D eigenvalue weighted by molar-refractivity contribution is -0.125. The van der Waals surface area contributed by atoms with Crippen molar-refractivity contribution >= 4 is 29.4 Å². The van der Waals surface area contributed by atoms with Crippen molar-refractivity contribution in [1.29, 1.82) is 0 Å². The Morgan fingerprint density at radius 1 is 1.03 bits per heavy atom. The molecule has 1 saturated carbocycles. The SMILES string of the molecule is Cc1ccc(CNC(=O)CSc2ccc(N3CCC(C(=O)NC4CC4)CC3)nn2)cc1. The molecule has 1 aromatic heterocycles. The van der Waals surface area contributed by atoms with Gasteiger partial charge in [0.1, 0.15) is 5.03 Å². The van der Waals surface area contributed by atoms with Crippen LogP contribution in [0.15, 0.2) is 41.4 Å². The molecule has 1 aliphatic carbocycles. The fourth-order valence-electron chi connectivity index (χ4n) is 3.57. The van der Waals surface area contributed by atoms with E-state index in [1.165, 1.54) is 17.3 Å². The number of aryl methyl sites for hydroxylation is 1. The van der Waals surface area contributed by atoms with Crippen molar-refractivity contribution in [2.75, 3.05) is 23.7 Å². The van der Waals surface area contributed by atoms with E-state index in [1.54, 1.807) is 0 Å². The first-order valence-corrected chi connectivity index (χ1v) is 11.9. The number of piperidine rings is 1. The van der Waals surface area contributed by atoms with Gasteiger partial charge >= 0.3 is 0 Å². The Bertz CT molecular complexity index is 891. The van der Waals surface area contributed by atoms with E-state index in [9.17, 15) is 9.59 Å². The van der Waals surface area contributed by atoms with Gasteiger partial charge in [0, 0.05) is 31.6 Å². The maximum Gasteiger partial charge on any atom is 0.230 e. The summed E-state index contributed by atoms with van der Waals surface area (Å²) in [6.45, 7) is 4.19. The fraction of sp³-hybridized carbons (Fsp3) is 0.478. The summed E-state index contributed by atoms with van der Waals surface area (Å²) in [7, 11) is 0. The van der Waals surface area contributed by atoms with Crippen molar-refractivity contribution in [2.24, 2.45) is 5.92 Å². The molecule has 1 aromatic carbocycles. The molecule has 31 heavy (non-hydrogen) atoms. The molecule has 2 N–H and O–H groups in total. The Balaban J connectivity index is 1.18. The van der Waals surface area contributed by atoms with Crippen molar-refractivity contribution in [1.82, 2.24) is 20.8 Å². The van der Waals surface area contributed by atoms with Crippen LogP contribution in [0.4, 0.5) is 5.82 Å². The number of benzene rings is 1. The van der Waals surface area contributed by atoms with Gasteiger partial charge in [0.15, 0.2) is 5.82 Å². The molecule has 0 bridgehead atoms. The molecule has 1 saturated heterocycles. The van der Waals surface area contributed by atoms with Crippen LogP contribution >= 0.6 is 11.8 Å². The van der Waals surface area contributed by atoms with Gasteiger partial charge in [0.25, 0.3) is 0 Å². The van der Waals surface area contributed by atoms with Crippen LogP contribution in [0.5, 0.6) is 0 Å². The number of rotatable bonds is 8. The van der Waals surface area contributed by atoms with E-state index in [2.05, 4.69) is 25.7 Å². The van der Waals surface area contributed by atoms with Crippen molar-refractivity contribution in [3.05, 3.63) is 47.5 Å². The van der Waals surface area contributed by atoms with Crippen LogP contribution in [-0.2, 0) is 16.1 Å². The first-order chi connectivity index (χ1) is 15.1. The largest absolute Gasteiger partial charge is 0.355 e. The number of aromatic nitrogens is 2. The van der Waals surface area contributed by atoms with E-state index in [0.29, 0.717) is 18.3 Å². The van der Waals surface area contributed by atoms with E-state index >= 15 is 0 Å². The van der Waals surface area contributed by atoms with Gasteiger partial charge in [-0.3, -0.25) is 9.59 Å². The zero-order valence-electron chi connectivity index (χ0n) is 17.8. The Hall–Kier alpha value is -2.61. The summed E-state index contributed by atoms with van der Waals surface area (Å²) in [6.07, 6.45) is 3.94. The summed E-state index contributed by atoms with van der Waals surface area (Å²) in [5.74, 6) is 1.43. The molecule has 7 nitrogen and oxygen atoms in total. The molecule has 2 fully saturated rings. The van der Waals surface area contributed by atoms with E-state index < -0.39 is 0 Å². The molecule has 0 atom stereocenters. The minimum atomic E-state index is -0.0250. The molecule has 0 radical (unpaired) electrons. The number of hydrogen-bond acceptors (Lipinski definition) is 6. The quantitative estimate of drug-likeness (QED) is 0.615. The van der Waals surface area contributed by atoms with Crippen LogP contribution in [0.1, 0.15) is 36.8 Å². The second-order valence-electron chi connectivity index (χ2n) is 8.32. The highest BCUT2D eigenvalue weighted by Gasteiger charge is 2.30. The van der Waals surface area contributed by atoms with Crippen LogP contribution in [0.3, 0.4) is 0 Å². The van der Waals surface area contributed by atoms with E-state index in [4.69, 9.17) is 0 Å². The van der Waals surface area contributed by atoms with Crippen molar-refractivity contribution in [3.8, 4) is 0 Å². The molecular formula is C23H29N5O2S. The Morgan fingerprint density at radius 2 is 1.77 bits per heavy atom. The number of thioether (sulfide) groups is 1. The molecule has 4 rings (SSSR count). The third kappa shape index (κ3) is 6.43. The molecule has 0 spiro atoms. The normalized spacial score (nSPS) is 16.7. The lowest BCUT2D eigenvalue weighted by Crippen LogP contribution is -2.41. The number of hydrogen-bond donors (Lipinski definition) is 2. The highest BCUT2D eigenvalue weighted by Crippen LogP contribution is 2.25. The summed E-state index contributed by atoms with van der Waals surface area (Å²) < 4.78 is 0. The Morgan fingerprint density at radius 3 is 2.42 bits per heavy atom. The molecule has 2 aromatic rings. The molecule has 2 aliphatic rings. The van der Waals surface area contributed by atoms with Gasteiger partial charge in [-0.05, 0) is 50.3 Å². The summed E-state index contributed by atoms with van der Waals surface area (Å²) >= 11 is 1.38. The number of nitrogens with zero attached hydrogens (tertiary/aromatic N) is 3. The summed E-state index contributed by atoms with van der Waals surface area (Å²) in [4.78, 5) is 26.5. The highest BCUT2D eigenvalue weighted by molar-refractivity contribution is 7.99. The van der Waals surface area contributed by atoms with E-state index in [-0.39, 0.29) is 17.7 Å². The topological polar surface area (TPSA) is 87.2 Å². The van der Waals surface area contributed by atoms with Crippen LogP contribution < -0.4 is 15.5 Å². The average molecular weight is 440 g/mol. The first kappa shape index (κ1) is 21.6. The summed E-state index contributed by atoms with van der Waals surface area (Å²) in [5.41, 5.74) is 2.29. The van der Waals surface area contributed by atoms with E-state index in [0.717, 1.165) is 55.2 Å². The maximum atomic E-state index is 12.2.